The minimum absolute atomic E-state index is 0.112. The Morgan fingerprint density at radius 3 is 0.782 bits per heavy atom. The fraction of sp³-hybridized carbons (Fsp3) is 0.204. The SMILES string of the molecule is CC(=O)Nc1ncc(-c2ccc(CCC=O)o2)cn1.CC(=O)c1ncc(-c2ccc(CCC=O)o2)cn1.CC(=O)c1ncc(-c2ccc(CCC=O)o2)cn1.CSc1ncc(-c2ccc(CCC=O)o2)cn1.Cc1ncc(-c2ccc(CCC=O)o2)cn1.O=CCCc1ccc(-c2cnc(-c3ccccc3)nc2)o1.O=CCCc1ccc(-c2cnc(Cl)nc2)o1.[C-]#[N+]c1ncc(-c2ccc(CCC=O)o2)cn1. The largest absolute Gasteiger partial charge is 0.461 e. The molecule has 1 amide bonds. The third-order valence-corrected chi connectivity index (χ3v) is 19.9. The number of Topliss-reactive ketones (excluding diaryl/α,β-unsaturated/α-hetero) is 2. The molecule has 0 saturated carbocycles. The molecular formula is C103H93ClN18O19S. The van der Waals surface area contributed by atoms with Gasteiger partial charge in [0.2, 0.25) is 17.1 Å². The molecular weight excluding hydrogens is 1860 g/mol. The number of carbonyl (C=O) groups is 11. The summed E-state index contributed by atoms with van der Waals surface area (Å²) >= 11 is 7.08. The molecule has 0 aliphatic heterocycles. The Labute approximate surface area is 822 Å². The molecule has 722 valence electrons. The lowest BCUT2D eigenvalue weighted by Crippen LogP contribution is -2.08. The van der Waals surface area contributed by atoms with Gasteiger partial charge in [0.15, 0.2) is 34.2 Å². The highest BCUT2D eigenvalue weighted by Crippen LogP contribution is 2.31. The van der Waals surface area contributed by atoms with Gasteiger partial charge in [0.05, 0.1) is 56.9 Å². The van der Waals surface area contributed by atoms with Crippen LogP contribution in [0, 0.1) is 13.5 Å². The molecule has 0 unspecified atom stereocenters. The molecule has 37 nitrogen and oxygen atoms in total. The van der Waals surface area contributed by atoms with Gasteiger partial charge in [-0.05, 0) is 122 Å². The summed E-state index contributed by atoms with van der Waals surface area (Å²) in [4.78, 5) is 183. The fourth-order valence-corrected chi connectivity index (χ4v) is 12.5. The van der Waals surface area contributed by atoms with Gasteiger partial charge in [-0.1, -0.05) is 42.1 Å². The van der Waals surface area contributed by atoms with Crippen LogP contribution in [0.3, 0.4) is 0 Å². The molecule has 0 radical (unpaired) electrons. The van der Waals surface area contributed by atoms with Crippen molar-refractivity contribution in [3.63, 3.8) is 0 Å². The second-order valence-corrected chi connectivity index (χ2v) is 30.8. The van der Waals surface area contributed by atoms with Gasteiger partial charge in [0.1, 0.15) is 148 Å². The van der Waals surface area contributed by atoms with E-state index >= 15 is 0 Å². The number of aryl methyl sites for hydroxylation is 9. The van der Waals surface area contributed by atoms with Gasteiger partial charge in [-0.3, -0.25) is 19.7 Å². The summed E-state index contributed by atoms with van der Waals surface area (Å²) in [6, 6.07) is 39.2. The number of nitrogens with zero attached hydrogens (tertiary/aromatic N) is 17. The standard InChI is InChI=1S/C17H14N2O2.C13H13N3O3.2C13H12N2O3.C12H9N3O2.C12H12N2O2S.C12H12N2O2.C11H9ClN2O2/c20-10-4-7-15-8-9-16(21-15)14-11-18-17(19-12-14)13-5-2-1-3-6-13;1-9(18)16-13-14-7-10(8-15-13)12-5-4-11(19-12)3-2-6-17;2*1-9(17)13-14-7-10(8-15-13)12-5-4-11(18-12)3-2-6-16;1-13-12-14-7-9(8-15-12)11-5-4-10(17-11)3-2-6-16;1-17-12-13-7-9(8-14-12)11-5-4-10(16-11)3-2-6-15;1-9-13-7-10(8-14-9)12-5-4-11(16-12)3-2-6-15;12-11-13-6-8(7-14-11)10-4-3-9(16-10)2-1-5-15/h1-3,5-6,8-12H,4,7H2;4-8H,2-3H2,1H3,(H,14,15,16,18);2*4-8H,2-3H2,1H3;4-8H,2-3H2;4-8H,2-3H2,1H3;4-8H,2-3H2,1H3;3-7H,1-2H2. The van der Waals surface area contributed by atoms with Crippen molar-refractivity contribution in [1.82, 2.24) is 79.7 Å². The zero-order chi connectivity index (χ0) is 101. The number of carbonyl (C=O) groups excluding carboxylic acids is 11. The molecule has 0 fully saturated rings. The topological polar surface area (TPSA) is 516 Å². The minimum Gasteiger partial charge on any atom is -0.461 e. The van der Waals surface area contributed by atoms with E-state index in [4.69, 9.17) is 53.5 Å². The number of halogens is 1. The maximum absolute atomic E-state index is 11.0. The lowest BCUT2D eigenvalue weighted by Gasteiger charge is -2.01. The summed E-state index contributed by atoms with van der Waals surface area (Å²) in [5, 5.41) is 3.43. The zero-order valence-corrected chi connectivity index (χ0v) is 79.0. The van der Waals surface area contributed by atoms with Crippen LogP contribution in [0.15, 0.2) is 267 Å². The molecule has 16 aromatic heterocycles. The maximum Gasteiger partial charge on any atom is 0.371 e. The van der Waals surface area contributed by atoms with Crippen molar-refractivity contribution < 1.29 is 88.1 Å². The van der Waals surface area contributed by atoms with Crippen LogP contribution in [0.2, 0.25) is 5.28 Å². The molecule has 0 atom stereocenters. The Morgan fingerprint density at radius 1 is 0.310 bits per heavy atom. The van der Waals surface area contributed by atoms with E-state index in [1.165, 1.54) is 32.5 Å². The predicted molar refractivity (Wildman–Crippen MR) is 520 cm³/mol. The number of anilines is 1. The average Bonchev–Trinajstić information content (AvgIpc) is 1.29. The van der Waals surface area contributed by atoms with Gasteiger partial charge in [-0.15, -0.1) is 6.57 Å². The van der Waals surface area contributed by atoms with E-state index in [1.807, 2.05) is 116 Å². The lowest BCUT2D eigenvalue weighted by atomic mass is 10.2. The second kappa shape index (κ2) is 58.1. The highest BCUT2D eigenvalue weighted by Gasteiger charge is 2.17. The second-order valence-electron chi connectivity index (χ2n) is 29.7. The number of ketones is 2. The Morgan fingerprint density at radius 2 is 0.542 bits per heavy atom. The fourth-order valence-electron chi connectivity index (χ4n) is 12.1. The number of thioether (sulfide) groups is 1. The lowest BCUT2D eigenvalue weighted by molar-refractivity contribution is -0.114. The highest BCUT2D eigenvalue weighted by molar-refractivity contribution is 7.98. The Hall–Kier alpha value is -17.6. The van der Waals surface area contributed by atoms with Crippen molar-refractivity contribution in [3.05, 3.63) is 307 Å². The smallest absolute Gasteiger partial charge is 0.371 e. The van der Waals surface area contributed by atoms with Crippen LogP contribution >= 0.6 is 23.4 Å². The van der Waals surface area contributed by atoms with Crippen LogP contribution in [-0.4, -0.2) is 154 Å². The van der Waals surface area contributed by atoms with Crippen molar-refractivity contribution in [3.8, 4) is 102 Å². The molecule has 0 bridgehead atoms. The molecule has 0 aliphatic rings. The first-order valence-corrected chi connectivity index (χ1v) is 45.5. The maximum atomic E-state index is 11.0. The molecule has 0 aliphatic carbocycles. The van der Waals surface area contributed by atoms with Gasteiger partial charge in [-0.25, -0.2) is 69.8 Å². The Balaban J connectivity index is 0.000000167. The van der Waals surface area contributed by atoms with Crippen molar-refractivity contribution in [2.45, 2.75) is 136 Å². The summed E-state index contributed by atoms with van der Waals surface area (Å²) in [6.07, 6.45) is 43.4. The first-order chi connectivity index (χ1) is 69.2. The molecule has 39 heteroatoms. The van der Waals surface area contributed by atoms with E-state index in [0.29, 0.717) is 154 Å². The number of hydrogen-bond donors (Lipinski definition) is 1. The summed E-state index contributed by atoms with van der Waals surface area (Å²) in [5.74, 6) is 13.2. The molecule has 16 heterocycles. The third-order valence-electron chi connectivity index (χ3n) is 19.1. The van der Waals surface area contributed by atoms with E-state index in [2.05, 4.69) is 89.9 Å². The van der Waals surface area contributed by atoms with Gasteiger partial charge in [-0.2, -0.15) is 9.97 Å². The van der Waals surface area contributed by atoms with Crippen LogP contribution in [0.25, 0.3) is 107 Å². The Kier molecular flexibility index (Phi) is 43.5. The van der Waals surface area contributed by atoms with Crippen molar-refractivity contribution in [2.24, 2.45) is 0 Å². The van der Waals surface area contributed by atoms with E-state index in [0.717, 1.165) is 158 Å². The predicted octanol–water partition coefficient (Wildman–Crippen LogP) is 19.2. The molecule has 17 rings (SSSR count). The van der Waals surface area contributed by atoms with E-state index in [9.17, 15) is 52.7 Å². The number of rotatable bonds is 37. The summed E-state index contributed by atoms with van der Waals surface area (Å²) in [7, 11) is 0. The number of hydrogen-bond acceptors (Lipinski definition) is 36. The highest BCUT2D eigenvalue weighted by atomic mass is 35.5. The monoisotopic (exact) mass is 1950 g/mol. The van der Waals surface area contributed by atoms with Gasteiger partial charge in [0, 0.05) is 216 Å². The van der Waals surface area contributed by atoms with Crippen LogP contribution in [0.5, 0.6) is 0 Å². The summed E-state index contributed by atoms with van der Waals surface area (Å²) < 4.78 is 44.6. The van der Waals surface area contributed by atoms with Crippen LogP contribution in [-0.2, 0) is 94.5 Å². The third kappa shape index (κ3) is 35.2. The number of aromatic nitrogens is 16. The van der Waals surface area contributed by atoms with Gasteiger partial charge >= 0.3 is 5.95 Å². The van der Waals surface area contributed by atoms with Crippen molar-refractivity contribution in [1.29, 1.82) is 0 Å². The Bertz CT molecular complexity index is 6680. The van der Waals surface area contributed by atoms with E-state index < -0.39 is 0 Å². The number of furan rings is 8. The minimum atomic E-state index is -0.220. The molecule has 17 aromatic rings. The molecule has 1 aromatic carbocycles. The van der Waals surface area contributed by atoms with E-state index in [1.54, 1.807) is 123 Å². The molecule has 1 N–H and O–H groups in total. The number of nitrogens with one attached hydrogen (secondary N) is 1. The van der Waals surface area contributed by atoms with Crippen LogP contribution in [0.1, 0.15) is 145 Å². The number of aldehydes is 8. The summed E-state index contributed by atoms with van der Waals surface area (Å²) in [5.41, 5.74) is 7.11. The zero-order valence-electron chi connectivity index (χ0n) is 77.4. The van der Waals surface area contributed by atoms with Crippen LogP contribution < -0.4 is 5.32 Å². The normalized spacial score (nSPS) is 10.3. The van der Waals surface area contributed by atoms with Gasteiger partial charge < -0.3 is 78.5 Å². The number of amides is 1. The van der Waals surface area contributed by atoms with Crippen molar-refractivity contribution >= 4 is 103 Å². The van der Waals surface area contributed by atoms with Crippen molar-refractivity contribution in [2.75, 3.05) is 11.6 Å². The van der Waals surface area contributed by atoms with Gasteiger partial charge in [0.25, 0.3) is 0 Å². The van der Waals surface area contributed by atoms with Crippen LogP contribution in [0.4, 0.5) is 11.9 Å². The first kappa shape index (κ1) is 106. The average molecular weight is 1950 g/mol. The summed E-state index contributed by atoms with van der Waals surface area (Å²) in [6.45, 7) is 12.8. The number of benzene rings is 1. The quantitative estimate of drug-likeness (QED) is 0.0124. The van der Waals surface area contributed by atoms with E-state index in [-0.39, 0.29) is 46.3 Å². The molecule has 0 spiro atoms. The molecule has 0 saturated heterocycles. The molecule has 142 heavy (non-hydrogen) atoms. The first-order valence-electron chi connectivity index (χ1n) is 43.9.